The monoisotopic (exact) mass is 301 g/mol. The van der Waals surface area contributed by atoms with Crippen molar-refractivity contribution >= 4 is 11.7 Å². The number of hydrogen-bond donors (Lipinski definition) is 1. The number of amides is 1. The predicted molar refractivity (Wildman–Crippen MR) is 76.3 cm³/mol. The largest absolute Gasteiger partial charge is 0.462 e. The summed E-state index contributed by atoms with van der Waals surface area (Å²) in [6, 6.07) is 1.57. The van der Waals surface area contributed by atoms with Crippen LogP contribution in [0, 0.1) is 0 Å². The normalized spacial score (nSPS) is 13.5. The molecule has 3 rings (SSSR count). The van der Waals surface area contributed by atoms with Crippen LogP contribution >= 0.6 is 0 Å². The van der Waals surface area contributed by atoms with Crippen LogP contribution in [0.2, 0.25) is 0 Å². The Morgan fingerprint density at radius 2 is 2.41 bits per heavy atom. The lowest BCUT2D eigenvalue weighted by molar-refractivity contribution is 0.0943. The lowest BCUT2D eigenvalue weighted by atomic mass is 10.2. The van der Waals surface area contributed by atoms with E-state index in [-0.39, 0.29) is 11.6 Å². The molecule has 0 spiro atoms. The van der Waals surface area contributed by atoms with Gasteiger partial charge in [-0.05, 0) is 25.0 Å². The van der Waals surface area contributed by atoms with Gasteiger partial charge >= 0.3 is 0 Å². The van der Waals surface area contributed by atoms with Crippen molar-refractivity contribution in [1.82, 2.24) is 25.5 Å². The van der Waals surface area contributed by atoms with E-state index < -0.39 is 0 Å². The van der Waals surface area contributed by atoms with Crippen LogP contribution < -0.4 is 5.32 Å². The first-order valence-corrected chi connectivity index (χ1v) is 6.94. The molecule has 0 fully saturated rings. The van der Waals surface area contributed by atoms with Gasteiger partial charge < -0.3 is 14.6 Å². The van der Waals surface area contributed by atoms with E-state index in [0.717, 1.165) is 12.8 Å². The molecule has 0 saturated carbocycles. The third-order valence-corrected chi connectivity index (χ3v) is 3.04. The average Bonchev–Trinajstić information content (AvgIpc) is 3.24. The summed E-state index contributed by atoms with van der Waals surface area (Å²) in [5, 5.41) is 14.1. The summed E-state index contributed by atoms with van der Waals surface area (Å²) >= 11 is 0. The van der Waals surface area contributed by atoms with Gasteiger partial charge in [0.25, 0.3) is 5.91 Å². The van der Waals surface area contributed by atoms with E-state index in [1.807, 2.05) is 12.2 Å². The van der Waals surface area contributed by atoms with E-state index in [9.17, 15) is 4.79 Å². The van der Waals surface area contributed by atoms with Crippen molar-refractivity contribution in [3.05, 3.63) is 48.3 Å². The minimum Gasteiger partial charge on any atom is -0.462 e. The molecule has 0 saturated heterocycles. The molecule has 2 aromatic heterocycles. The first-order valence-electron chi connectivity index (χ1n) is 6.94. The number of aromatic nitrogens is 4. The number of carbonyl (C=O) groups excluding carboxylic acids is 1. The van der Waals surface area contributed by atoms with Crippen LogP contribution in [-0.2, 0) is 11.3 Å². The maximum Gasteiger partial charge on any atom is 0.273 e. The third-order valence-electron chi connectivity index (χ3n) is 3.04. The summed E-state index contributed by atoms with van der Waals surface area (Å²) in [5.41, 5.74) is 0.231. The van der Waals surface area contributed by atoms with Gasteiger partial charge in [0.1, 0.15) is 0 Å². The first-order chi connectivity index (χ1) is 10.8. The SMILES string of the molecule is O=C(NCCCn1ccnn1)c1cc(C2=CCC=CO2)on1. The van der Waals surface area contributed by atoms with Crippen LogP contribution in [0.5, 0.6) is 0 Å². The smallest absolute Gasteiger partial charge is 0.273 e. The number of aryl methyl sites for hydroxylation is 1. The van der Waals surface area contributed by atoms with E-state index in [0.29, 0.717) is 24.6 Å². The van der Waals surface area contributed by atoms with Gasteiger partial charge in [0.2, 0.25) is 5.76 Å². The minimum atomic E-state index is -0.277. The maximum absolute atomic E-state index is 12.0. The Balaban J connectivity index is 1.48. The molecule has 0 aromatic carbocycles. The molecule has 8 heteroatoms. The standard InChI is InChI=1S/C14H15N5O3/c20-14(15-5-3-7-19-8-6-16-18-19)11-10-13(22-17-11)12-4-1-2-9-21-12/h2,4,6,8-10H,1,3,5,7H2,(H,15,20). The molecule has 114 valence electrons. The van der Waals surface area contributed by atoms with Crippen LogP contribution in [0.1, 0.15) is 29.1 Å². The maximum atomic E-state index is 12.0. The van der Waals surface area contributed by atoms with Crippen molar-refractivity contribution < 1.29 is 14.1 Å². The molecule has 0 unspecified atom stereocenters. The zero-order valence-electron chi connectivity index (χ0n) is 11.8. The zero-order valence-corrected chi connectivity index (χ0v) is 11.8. The van der Waals surface area contributed by atoms with Crippen molar-refractivity contribution in [2.24, 2.45) is 0 Å². The Kier molecular flexibility index (Phi) is 4.28. The summed E-state index contributed by atoms with van der Waals surface area (Å²) < 4.78 is 12.1. The summed E-state index contributed by atoms with van der Waals surface area (Å²) in [6.07, 6.45) is 10.2. The Morgan fingerprint density at radius 1 is 1.45 bits per heavy atom. The van der Waals surface area contributed by atoms with Crippen molar-refractivity contribution in [2.45, 2.75) is 19.4 Å². The van der Waals surface area contributed by atoms with Crippen LogP contribution in [0.3, 0.4) is 0 Å². The van der Waals surface area contributed by atoms with Gasteiger partial charge in [-0.2, -0.15) is 0 Å². The van der Waals surface area contributed by atoms with Crippen molar-refractivity contribution in [3.8, 4) is 0 Å². The summed E-state index contributed by atoms with van der Waals surface area (Å²) in [4.78, 5) is 12.0. The highest BCUT2D eigenvalue weighted by atomic mass is 16.5. The molecule has 2 aromatic rings. The number of ether oxygens (including phenoxy) is 1. The molecule has 0 aliphatic carbocycles. The van der Waals surface area contributed by atoms with Crippen LogP contribution in [0.25, 0.3) is 5.76 Å². The highest BCUT2D eigenvalue weighted by Crippen LogP contribution is 2.20. The first kappa shape index (κ1) is 14.1. The number of nitrogens with zero attached hydrogens (tertiary/aromatic N) is 4. The number of nitrogens with one attached hydrogen (secondary N) is 1. The molecule has 8 nitrogen and oxygen atoms in total. The van der Waals surface area contributed by atoms with Crippen LogP contribution in [0.15, 0.2) is 41.4 Å². The number of rotatable bonds is 6. The van der Waals surface area contributed by atoms with Gasteiger partial charge in [0.05, 0.1) is 12.5 Å². The van der Waals surface area contributed by atoms with E-state index >= 15 is 0 Å². The lowest BCUT2D eigenvalue weighted by Gasteiger charge is -2.05. The molecular weight excluding hydrogens is 286 g/mol. The Hall–Kier alpha value is -2.90. The lowest BCUT2D eigenvalue weighted by Crippen LogP contribution is -2.25. The molecular formula is C14H15N5O3. The van der Waals surface area contributed by atoms with E-state index in [4.69, 9.17) is 9.26 Å². The molecule has 3 heterocycles. The molecule has 0 radical (unpaired) electrons. The van der Waals surface area contributed by atoms with Gasteiger partial charge in [-0.3, -0.25) is 9.48 Å². The molecule has 22 heavy (non-hydrogen) atoms. The topological polar surface area (TPSA) is 95.1 Å². The zero-order chi connectivity index (χ0) is 15.2. The fourth-order valence-electron chi connectivity index (χ4n) is 1.94. The quantitative estimate of drug-likeness (QED) is 0.809. The van der Waals surface area contributed by atoms with Crippen LogP contribution in [0.4, 0.5) is 0 Å². The van der Waals surface area contributed by atoms with Gasteiger partial charge in [-0.15, -0.1) is 5.10 Å². The molecule has 1 aliphatic rings. The second kappa shape index (κ2) is 6.70. The fraction of sp³-hybridized carbons (Fsp3) is 0.286. The summed E-state index contributed by atoms with van der Waals surface area (Å²) in [5.74, 6) is 0.734. The molecule has 1 N–H and O–H groups in total. The van der Waals surface area contributed by atoms with E-state index in [1.54, 1.807) is 29.4 Å². The number of carbonyl (C=O) groups is 1. The third kappa shape index (κ3) is 3.40. The van der Waals surface area contributed by atoms with Gasteiger partial charge in [0.15, 0.2) is 11.5 Å². The molecule has 0 atom stereocenters. The predicted octanol–water partition coefficient (Wildman–Crippen LogP) is 1.36. The summed E-state index contributed by atoms with van der Waals surface area (Å²) in [7, 11) is 0. The van der Waals surface area contributed by atoms with Gasteiger partial charge in [0, 0.05) is 25.4 Å². The molecule has 1 amide bonds. The van der Waals surface area contributed by atoms with Crippen molar-refractivity contribution in [3.63, 3.8) is 0 Å². The second-order valence-corrected chi connectivity index (χ2v) is 4.65. The Morgan fingerprint density at radius 3 is 3.18 bits per heavy atom. The molecule has 0 bridgehead atoms. The van der Waals surface area contributed by atoms with Crippen molar-refractivity contribution in [1.29, 1.82) is 0 Å². The fourth-order valence-corrected chi connectivity index (χ4v) is 1.94. The Bertz CT molecular complexity index is 687. The van der Waals surface area contributed by atoms with Crippen LogP contribution in [-0.4, -0.2) is 32.6 Å². The highest BCUT2D eigenvalue weighted by molar-refractivity contribution is 5.92. The Labute approximate surface area is 126 Å². The van der Waals surface area contributed by atoms with Gasteiger partial charge in [-0.25, -0.2) is 0 Å². The van der Waals surface area contributed by atoms with Gasteiger partial charge in [-0.1, -0.05) is 10.4 Å². The number of allylic oxidation sites excluding steroid dienone is 2. The number of hydrogen-bond acceptors (Lipinski definition) is 6. The average molecular weight is 301 g/mol. The minimum absolute atomic E-state index is 0.231. The molecule has 1 aliphatic heterocycles. The second-order valence-electron chi connectivity index (χ2n) is 4.65. The van der Waals surface area contributed by atoms with E-state index in [1.165, 1.54) is 0 Å². The highest BCUT2D eigenvalue weighted by Gasteiger charge is 2.16. The summed E-state index contributed by atoms with van der Waals surface area (Å²) in [6.45, 7) is 1.21. The van der Waals surface area contributed by atoms with E-state index in [2.05, 4.69) is 20.8 Å². The van der Waals surface area contributed by atoms with Crippen molar-refractivity contribution in [2.75, 3.05) is 6.54 Å².